The van der Waals surface area contributed by atoms with Crippen LogP contribution in [0.2, 0.25) is 0 Å². The highest BCUT2D eigenvalue weighted by atomic mass is 19.3. The van der Waals surface area contributed by atoms with Crippen molar-refractivity contribution in [3.63, 3.8) is 0 Å². The molecule has 3 heterocycles. The van der Waals surface area contributed by atoms with E-state index < -0.39 is 12.6 Å². The summed E-state index contributed by atoms with van der Waals surface area (Å²) >= 11 is 0. The molecule has 0 aliphatic rings. The van der Waals surface area contributed by atoms with E-state index in [0.717, 1.165) is 0 Å². The highest BCUT2D eigenvalue weighted by Crippen LogP contribution is 2.19. The zero-order chi connectivity index (χ0) is 17.6. The van der Waals surface area contributed by atoms with E-state index >= 15 is 0 Å². The van der Waals surface area contributed by atoms with Gasteiger partial charge < -0.3 is 14.8 Å². The Balaban J connectivity index is 1.61. The molecule has 0 aromatic carbocycles. The number of aromatic nitrogens is 5. The van der Waals surface area contributed by atoms with Gasteiger partial charge in [-0.2, -0.15) is 23.3 Å². The molecule has 0 radical (unpaired) electrons. The van der Waals surface area contributed by atoms with Gasteiger partial charge in [0, 0.05) is 17.8 Å². The molecule has 0 aliphatic heterocycles. The highest BCUT2D eigenvalue weighted by Gasteiger charge is 2.09. The molecule has 0 bridgehead atoms. The second-order valence-corrected chi connectivity index (χ2v) is 4.64. The molecule has 25 heavy (non-hydrogen) atoms. The Bertz CT molecular complexity index is 827. The molecule has 2 N–H and O–H groups in total. The number of anilines is 2. The fourth-order valence-electron chi connectivity index (χ4n) is 1.78. The largest absolute Gasteiger partial charge is 0.472 e. The van der Waals surface area contributed by atoms with Gasteiger partial charge in [-0.3, -0.25) is 4.98 Å². The molecule has 3 aromatic heterocycles. The summed E-state index contributed by atoms with van der Waals surface area (Å²) in [5.41, 5.74) is 0.655. The van der Waals surface area contributed by atoms with E-state index in [9.17, 15) is 13.2 Å². The zero-order valence-corrected chi connectivity index (χ0v) is 12.5. The number of nitrogens with one attached hydrogen (secondary N) is 2. The second-order valence-electron chi connectivity index (χ2n) is 4.64. The summed E-state index contributed by atoms with van der Waals surface area (Å²) < 4.78 is 46.6. The third-order valence-corrected chi connectivity index (χ3v) is 2.81. The van der Waals surface area contributed by atoms with Crippen molar-refractivity contribution >= 4 is 11.6 Å². The van der Waals surface area contributed by atoms with E-state index in [2.05, 4.69) is 35.2 Å². The van der Waals surface area contributed by atoms with Crippen LogP contribution in [-0.2, 0) is 6.61 Å². The van der Waals surface area contributed by atoms with Crippen LogP contribution < -0.4 is 14.8 Å². The van der Waals surface area contributed by atoms with Crippen LogP contribution in [0, 0.1) is 5.95 Å². The Morgan fingerprint density at radius 3 is 2.80 bits per heavy atom. The maximum Gasteiger partial charge on any atom is 0.388 e. The van der Waals surface area contributed by atoms with Crippen molar-refractivity contribution in [1.29, 1.82) is 0 Å². The van der Waals surface area contributed by atoms with Gasteiger partial charge in [0.25, 0.3) is 0 Å². The SMILES string of the molecule is Fc1ccc(COc2cncc(Nc3cc(OC(F)F)[nH]n3)n2)cn1. The highest BCUT2D eigenvalue weighted by molar-refractivity contribution is 5.51. The Morgan fingerprint density at radius 2 is 2.04 bits per heavy atom. The molecule has 0 unspecified atom stereocenters. The van der Waals surface area contributed by atoms with Gasteiger partial charge in [-0.15, -0.1) is 0 Å². The molecule has 0 fully saturated rings. The molecule has 0 amide bonds. The minimum atomic E-state index is -2.95. The first kappa shape index (κ1) is 16.5. The number of ether oxygens (including phenoxy) is 2. The summed E-state index contributed by atoms with van der Waals surface area (Å²) in [6, 6.07) is 4.00. The van der Waals surface area contributed by atoms with E-state index in [1.165, 1.54) is 36.8 Å². The molecular weight excluding hydrogens is 341 g/mol. The van der Waals surface area contributed by atoms with E-state index in [4.69, 9.17) is 4.74 Å². The van der Waals surface area contributed by atoms with Crippen LogP contribution in [0.5, 0.6) is 11.8 Å². The minimum Gasteiger partial charge on any atom is -0.472 e. The van der Waals surface area contributed by atoms with E-state index in [1.54, 1.807) is 0 Å². The molecule has 0 atom stereocenters. The van der Waals surface area contributed by atoms with Crippen LogP contribution in [0.15, 0.2) is 36.8 Å². The van der Waals surface area contributed by atoms with Crippen molar-refractivity contribution in [1.82, 2.24) is 25.1 Å². The predicted molar refractivity (Wildman–Crippen MR) is 79.1 cm³/mol. The van der Waals surface area contributed by atoms with Crippen LogP contribution in [-0.4, -0.2) is 31.8 Å². The maximum atomic E-state index is 12.7. The predicted octanol–water partition coefficient (Wildman–Crippen LogP) is 2.66. The summed E-state index contributed by atoms with van der Waals surface area (Å²) in [6.07, 6.45) is 4.13. The molecule has 0 saturated carbocycles. The van der Waals surface area contributed by atoms with Crippen molar-refractivity contribution in [2.24, 2.45) is 0 Å². The van der Waals surface area contributed by atoms with Crippen molar-refractivity contribution in [3.05, 3.63) is 48.3 Å². The molecule has 8 nitrogen and oxygen atoms in total. The molecule has 3 rings (SSSR count). The van der Waals surface area contributed by atoms with Gasteiger partial charge in [-0.05, 0) is 12.1 Å². The number of halogens is 3. The summed E-state index contributed by atoms with van der Waals surface area (Å²) in [7, 11) is 0. The summed E-state index contributed by atoms with van der Waals surface area (Å²) in [5.74, 6) is -0.0748. The number of pyridine rings is 1. The van der Waals surface area contributed by atoms with Gasteiger partial charge >= 0.3 is 6.61 Å². The molecule has 0 saturated heterocycles. The molecular formula is C14H11F3N6O2. The van der Waals surface area contributed by atoms with Gasteiger partial charge in [0.2, 0.25) is 17.7 Å². The minimum absolute atomic E-state index is 0.125. The number of hydrogen-bond donors (Lipinski definition) is 2. The van der Waals surface area contributed by atoms with Crippen molar-refractivity contribution in [2.45, 2.75) is 13.2 Å². The topological polar surface area (TPSA) is 97.8 Å². The van der Waals surface area contributed by atoms with Crippen molar-refractivity contribution < 1.29 is 22.6 Å². The van der Waals surface area contributed by atoms with E-state index in [-0.39, 0.29) is 30.0 Å². The third kappa shape index (κ3) is 4.80. The quantitative estimate of drug-likeness (QED) is 0.631. The van der Waals surface area contributed by atoms with Crippen LogP contribution in [0.4, 0.5) is 24.8 Å². The zero-order valence-electron chi connectivity index (χ0n) is 12.5. The third-order valence-electron chi connectivity index (χ3n) is 2.81. The lowest BCUT2D eigenvalue weighted by atomic mass is 10.3. The Morgan fingerprint density at radius 1 is 1.16 bits per heavy atom. The number of hydrogen-bond acceptors (Lipinski definition) is 7. The van der Waals surface area contributed by atoms with Gasteiger partial charge in [-0.1, -0.05) is 0 Å². The van der Waals surface area contributed by atoms with Gasteiger partial charge in [0.15, 0.2) is 11.6 Å². The lowest BCUT2D eigenvalue weighted by Crippen LogP contribution is -2.01. The standard InChI is InChI=1S/C14H11F3N6O2/c15-9-2-1-8(4-19-9)7-24-13-6-18-5-11(21-13)20-10-3-12(23-22-10)25-14(16)17/h1-6,14H,7H2,(H2,20,21,22,23). The molecule has 3 aromatic rings. The van der Waals surface area contributed by atoms with Gasteiger partial charge in [0.05, 0.1) is 12.4 Å². The lowest BCUT2D eigenvalue weighted by molar-refractivity contribution is -0.0528. The normalized spacial score (nSPS) is 10.7. The Kier molecular flexibility index (Phi) is 4.92. The summed E-state index contributed by atoms with van der Waals surface area (Å²) in [4.78, 5) is 11.6. The van der Waals surface area contributed by atoms with Gasteiger partial charge in [-0.25, -0.2) is 10.1 Å². The fourth-order valence-corrected chi connectivity index (χ4v) is 1.78. The van der Waals surface area contributed by atoms with Crippen molar-refractivity contribution in [3.8, 4) is 11.8 Å². The number of alkyl halides is 2. The molecule has 11 heteroatoms. The van der Waals surface area contributed by atoms with Crippen LogP contribution in [0.3, 0.4) is 0 Å². The van der Waals surface area contributed by atoms with Crippen LogP contribution in [0.1, 0.15) is 5.56 Å². The smallest absolute Gasteiger partial charge is 0.388 e. The Hall–Kier alpha value is -3.37. The maximum absolute atomic E-state index is 12.7. The molecule has 0 spiro atoms. The van der Waals surface area contributed by atoms with Crippen LogP contribution in [0.25, 0.3) is 0 Å². The first-order valence-electron chi connectivity index (χ1n) is 6.91. The monoisotopic (exact) mass is 352 g/mol. The average Bonchev–Trinajstić information content (AvgIpc) is 3.01. The van der Waals surface area contributed by atoms with Crippen LogP contribution >= 0.6 is 0 Å². The number of H-pyrrole nitrogens is 1. The van der Waals surface area contributed by atoms with E-state index in [1.807, 2.05) is 0 Å². The number of nitrogens with zero attached hydrogens (tertiary/aromatic N) is 4. The number of rotatable bonds is 7. The van der Waals surface area contributed by atoms with E-state index in [0.29, 0.717) is 5.56 Å². The number of aromatic amines is 1. The summed E-state index contributed by atoms with van der Waals surface area (Å²) in [6.45, 7) is -2.83. The molecule has 0 aliphatic carbocycles. The fraction of sp³-hybridized carbons (Fsp3) is 0.143. The first-order chi connectivity index (χ1) is 12.1. The average molecular weight is 352 g/mol. The first-order valence-corrected chi connectivity index (χ1v) is 6.91. The Labute approximate surface area is 139 Å². The lowest BCUT2D eigenvalue weighted by Gasteiger charge is -2.06. The van der Waals surface area contributed by atoms with Crippen molar-refractivity contribution in [2.75, 3.05) is 5.32 Å². The van der Waals surface area contributed by atoms with Gasteiger partial charge in [0.1, 0.15) is 6.61 Å². The second kappa shape index (κ2) is 7.47. The molecule has 130 valence electrons. The summed E-state index contributed by atoms with van der Waals surface area (Å²) in [5, 5.41) is 8.80.